The van der Waals surface area contributed by atoms with Gasteiger partial charge in [0.15, 0.2) is 6.10 Å². The number of aliphatic carboxylic acids is 1. The van der Waals surface area contributed by atoms with Gasteiger partial charge in [-0.3, -0.25) is 9.59 Å². The van der Waals surface area contributed by atoms with E-state index in [1.165, 1.54) is 244 Å². The van der Waals surface area contributed by atoms with E-state index in [0.717, 1.165) is 96.3 Å². The van der Waals surface area contributed by atoms with Crippen molar-refractivity contribution in [2.45, 2.75) is 386 Å². The molecule has 0 aromatic carbocycles. The molecule has 0 aromatic rings. The molecule has 0 aliphatic rings. The Morgan fingerprint density at radius 1 is 0.320 bits per heavy atom. The van der Waals surface area contributed by atoms with Gasteiger partial charge in [0.25, 0.3) is 6.29 Å². The van der Waals surface area contributed by atoms with Crippen molar-refractivity contribution in [2.75, 3.05) is 47.5 Å². The molecular weight excluding hydrogens is 1200 g/mol. The van der Waals surface area contributed by atoms with Gasteiger partial charge in [-0.15, -0.1) is 0 Å². The molecule has 2 atom stereocenters. The predicted octanol–water partition coefficient (Wildman–Crippen LogP) is 26.5. The molecule has 0 amide bonds. The van der Waals surface area contributed by atoms with Crippen LogP contribution in [0.2, 0.25) is 0 Å². The lowest BCUT2D eigenvalue weighted by atomic mass is 10.0. The number of allylic oxidation sites excluding steroid dienone is 18. The van der Waals surface area contributed by atoms with Crippen LogP contribution in [0.25, 0.3) is 0 Å². The van der Waals surface area contributed by atoms with Gasteiger partial charge in [-0.2, -0.15) is 0 Å². The minimum atomic E-state index is -1.53. The van der Waals surface area contributed by atoms with Gasteiger partial charge in [0.1, 0.15) is 13.2 Å². The van der Waals surface area contributed by atoms with Gasteiger partial charge < -0.3 is 28.5 Å². The van der Waals surface area contributed by atoms with Crippen LogP contribution in [0.3, 0.4) is 0 Å². The minimum Gasteiger partial charge on any atom is -0.477 e. The number of unbranched alkanes of at least 4 members (excludes halogenated alkanes) is 43. The van der Waals surface area contributed by atoms with E-state index >= 15 is 0 Å². The Labute approximate surface area is 600 Å². The van der Waals surface area contributed by atoms with E-state index in [0.29, 0.717) is 23.9 Å². The average Bonchev–Trinajstić information content (AvgIpc) is 2.39. The SMILES string of the molecule is CC/C=C\C/C=C\C/C=C\C/C=C\C/C=C\C/C=C\C/C=C\C/C=C\C/C=C\CCCCCC(=O)OC(COC(=O)CCCCCCCCCCCCCCCCCCCCCCCCCCCCCCCCCCCCCCCCCCC)COC(OCC[N+](C)(C)C)C(=O)O. The summed E-state index contributed by atoms with van der Waals surface area (Å²) in [4.78, 5) is 37.7. The minimum absolute atomic E-state index is 0.177. The van der Waals surface area contributed by atoms with Crippen LogP contribution in [0.1, 0.15) is 373 Å². The Morgan fingerprint density at radius 2 is 0.588 bits per heavy atom. The summed E-state index contributed by atoms with van der Waals surface area (Å²) in [6.45, 7) is 4.76. The highest BCUT2D eigenvalue weighted by molar-refractivity contribution is 5.71. The van der Waals surface area contributed by atoms with E-state index in [4.69, 9.17) is 18.9 Å². The fourth-order valence-electron chi connectivity index (χ4n) is 11.8. The Hall–Kier alpha value is -4.05. The van der Waals surface area contributed by atoms with Crippen LogP contribution in [-0.2, 0) is 33.3 Å². The van der Waals surface area contributed by atoms with E-state index in [9.17, 15) is 19.5 Å². The molecular formula is C88H156NO8+. The van der Waals surface area contributed by atoms with Crippen molar-refractivity contribution in [2.24, 2.45) is 0 Å². The van der Waals surface area contributed by atoms with Crippen LogP contribution >= 0.6 is 0 Å². The zero-order valence-corrected chi connectivity index (χ0v) is 64.2. The molecule has 0 aromatic heterocycles. The van der Waals surface area contributed by atoms with Gasteiger partial charge in [-0.05, 0) is 83.5 Å². The third kappa shape index (κ3) is 79.2. The molecule has 0 spiro atoms. The summed E-state index contributed by atoms with van der Waals surface area (Å²) in [5.74, 6) is -2.04. The Morgan fingerprint density at radius 3 is 0.876 bits per heavy atom. The van der Waals surface area contributed by atoms with Crippen molar-refractivity contribution in [3.05, 3.63) is 109 Å². The fourth-order valence-corrected chi connectivity index (χ4v) is 11.8. The van der Waals surface area contributed by atoms with E-state index in [2.05, 4.69) is 123 Å². The molecule has 0 aliphatic heterocycles. The number of hydrogen-bond acceptors (Lipinski definition) is 7. The lowest BCUT2D eigenvalue weighted by Crippen LogP contribution is -2.40. The first-order chi connectivity index (χ1) is 47.6. The molecule has 1 N–H and O–H groups in total. The molecule has 0 saturated carbocycles. The van der Waals surface area contributed by atoms with Crippen LogP contribution in [0.15, 0.2) is 109 Å². The molecule has 0 fully saturated rings. The lowest BCUT2D eigenvalue weighted by molar-refractivity contribution is -0.870. The zero-order valence-electron chi connectivity index (χ0n) is 64.2. The second-order valence-corrected chi connectivity index (χ2v) is 28.7. The normalized spacial score (nSPS) is 13.2. The molecule has 97 heavy (non-hydrogen) atoms. The Bertz CT molecular complexity index is 1970. The summed E-state index contributed by atoms with van der Waals surface area (Å²) in [6, 6.07) is 0. The smallest absolute Gasteiger partial charge is 0.361 e. The number of carboxylic acid groups (broad SMARTS) is 1. The molecule has 0 radical (unpaired) electrons. The van der Waals surface area contributed by atoms with E-state index in [-0.39, 0.29) is 32.2 Å². The highest BCUT2D eigenvalue weighted by Crippen LogP contribution is 2.19. The molecule has 9 nitrogen and oxygen atoms in total. The topological polar surface area (TPSA) is 108 Å². The number of nitrogens with zero attached hydrogens (tertiary/aromatic N) is 1. The number of hydrogen-bond donors (Lipinski definition) is 1. The summed E-state index contributed by atoms with van der Waals surface area (Å²) in [5, 5.41) is 9.77. The maximum absolute atomic E-state index is 13.0. The van der Waals surface area contributed by atoms with Crippen LogP contribution < -0.4 is 0 Å². The summed E-state index contributed by atoms with van der Waals surface area (Å²) in [6.07, 6.45) is 107. The van der Waals surface area contributed by atoms with Gasteiger partial charge in [0.05, 0.1) is 34.4 Å². The highest BCUT2D eigenvalue weighted by Gasteiger charge is 2.25. The number of rotatable bonds is 76. The molecule has 2 unspecified atom stereocenters. The standard InChI is InChI=1S/C88H155NO8/c1-6-8-10-12-14-16-18-20-22-24-26-28-30-32-34-36-38-39-40-41-42-43-44-45-46-47-49-50-52-54-56-58-60-62-64-66-68-70-72-74-76-78-85(90)95-82-84(83-96-88(87(92)93)94-81-80-89(3,4)5)97-86(91)79-77-75-73-71-69-67-65-63-61-59-57-55-53-51-48-37-35-33-31-29-27-25-23-21-19-17-15-13-11-9-7-2/h9,11,15,17,21,23,27,29,33,35,48,51,55,57,61,63,67,69,84,88H,6-8,10,12-14,16,18-20,22,24-26,28,30-32,34,36-47,49-50,52-54,56,58-60,62,64-66,68,70-83H2,1-5H3/p+1/b11-9-,17-15-,23-21-,29-27-,35-33-,51-48-,57-55-,63-61-,69-67-. The first-order valence-electron chi connectivity index (χ1n) is 41.1. The summed E-state index contributed by atoms with van der Waals surface area (Å²) < 4.78 is 23.0. The number of carbonyl (C=O) groups is 3. The first kappa shape index (κ1) is 93.0. The van der Waals surface area contributed by atoms with Crippen molar-refractivity contribution in [1.82, 2.24) is 0 Å². The average molecular weight is 1360 g/mol. The van der Waals surface area contributed by atoms with Gasteiger partial charge in [-0.25, -0.2) is 4.79 Å². The number of likely N-dealkylation sites (N-methyl/N-ethyl adjacent to an activating group) is 1. The second kappa shape index (κ2) is 77.7. The molecule has 0 heterocycles. The van der Waals surface area contributed by atoms with Gasteiger partial charge >= 0.3 is 17.9 Å². The maximum Gasteiger partial charge on any atom is 0.361 e. The van der Waals surface area contributed by atoms with E-state index < -0.39 is 24.3 Å². The monoisotopic (exact) mass is 1360 g/mol. The quantitative estimate of drug-likeness (QED) is 0.0211. The van der Waals surface area contributed by atoms with Crippen LogP contribution in [-0.4, -0.2) is 87.4 Å². The van der Waals surface area contributed by atoms with Crippen molar-refractivity contribution < 1.29 is 42.9 Å². The molecule has 9 heteroatoms. The van der Waals surface area contributed by atoms with E-state index in [1.54, 1.807) is 0 Å². The summed E-state index contributed by atoms with van der Waals surface area (Å²) in [5.41, 5.74) is 0. The number of ether oxygens (including phenoxy) is 4. The number of carbonyl (C=O) groups excluding carboxylic acids is 2. The predicted molar refractivity (Wildman–Crippen MR) is 419 cm³/mol. The van der Waals surface area contributed by atoms with Gasteiger partial charge in [-0.1, -0.05) is 386 Å². The van der Waals surface area contributed by atoms with Crippen LogP contribution in [0.5, 0.6) is 0 Å². The van der Waals surface area contributed by atoms with Crippen molar-refractivity contribution >= 4 is 17.9 Å². The summed E-state index contributed by atoms with van der Waals surface area (Å²) in [7, 11) is 5.97. The van der Waals surface area contributed by atoms with Crippen molar-refractivity contribution in [1.29, 1.82) is 0 Å². The zero-order chi connectivity index (χ0) is 70.4. The molecule has 0 bridgehead atoms. The largest absolute Gasteiger partial charge is 0.477 e. The third-order valence-electron chi connectivity index (χ3n) is 18.0. The molecule has 0 saturated heterocycles. The first-order valence-corrected chi connectivity index (χ1v) is 41.1. The van der Waals surface area contributed by atoms with Crippen LogP contribution in [0, 0.1) is 0 Å². The van der Waals surface area contributed by atoms with Crippen LogP contribution in [0.4, 0.5) is 0 Å². The molecule has 0 rings (SSSR count). The second-order valence-electron chi connectivity index (χ2n) is 28.7. The summed E-state index contributed by atoms with van der Waals surface area (Å²) >= 11 is 0. The lowest BCUT2D eigenvalue weighted by Gasteiger charge is -2.25. The van der Waals surface area contributed by atoms with E-state index in [1.807, 2.05) is 21.1 Å². The number of esters is 2. The molecule has 0 aliphatic carbocycles. The number of carboxylic acids is 1. The van der Waals surface area contributed by atoms with Crippen molar-refractivity contribution in [3.63, 3.8) is 0 Å². The number of quaternary nitrogens is 1. The Kier molecular flexibility index (Phi) is 74.4. The van der Waals surface area contributed by atoms with Gasteiger partial charge in [0.2, 0.25) is 0 Å². The Balaban J connectivity index is 4.03. The van der Waals surface area contributed by atoms with Crippen molar-refractivity contribution in [3.8, 4) is 0 Å². The third-order valence-corrected chi connectivity index (χ3v) is 18.0. The molecule has 560 valence electrons. The highest BCUT2D eigenvalue weighted by atomic mass is 16.7. The van der Waals surface area contributed by atoms with Gasteiger partial charge in [0, 0.05) is 12.8 Å². The maximum atomic E-state index is 13.0. The fraction of sp³-hybridized carbons (Fsp3) is 0.761.